The van der Waals surface area contributed by atoms with E-state index in [1.807, 2.05) is 26.8 Å². The van der Waals surface area contributed by atoms with Crippen LogP contribution in [0.2, 0.25) is 0 Å². The summed E-state index contributed by atoms with van der Waals surface area (Å²) in [6.45, 7) is 7.67. The molecule has 0 aliphatic heterocycles. The van der Waals surface area contributed by atoms with Crippen molar-refractivity contribution in [3.63, 3.8) is 0 Å². The van der Waals surface area contributed by atoms with Gasteiger partial charge in [0.1, 0.15) is 9.96 Å². The number of rotatable bonds is 9. The van der Waals surface area contributed by atoms with Crippen molar-refractivity contribution in [2.45, 2.75) is 37.9 Å². The lowest BCUT2D eigenvalue weighted by Crippen LogP contribution is -2.29. The van der Waals surface area contributed by atoms with Crippen LogP contribution in [0.3, 0.4) is 0 Å². The van der Waals surface area contributed by atoms with Crippen molar-refractivity contribution >= 4 is 21.4 Å². The Hall–Kier alpha value is -1.48. The Morgan fingerprint density at radius 1 is 1.20 bits per heavy atom. The lowest BCUT2D eigenvalue weighted by atomic mass is 10.2. The SMILES string of the molecule is CCN(CC)S(=O)(=O)c1ccc(CCNCc2nc(C)ccc2O)s1. The van der Waals surface area contributed by atoms with Gasteiger partial charge in [-0.15, -0.1) is 11.3 Å². The number of aryl methyl sites for hydroxylation is 1. The summed E-state index contributed by atoms with van der Waals surface area (Å²) >= 11 is 1.32. The van der Waals surface area contributed by atoms with Gasteiger partial charge >= 0.3 is 0 Å². The van der Waals surface area contributed by atoms with E-state index < -0.39 is 10.0 Å². The fourth-order valence-corrected chi connectivity index (χ4v) is 5.44. The van der Waals surface area contributed by atoms with Crippen LogP contribution in [-0.2, 0) is 23.0 Å². The number of aromatic nitrogens is 1. The van der Waals surface area contributed by atoms with Crippen LogP contribution in [0.15, 0.2) is 28.5 Å². The minimum absolute atomic E-state index is 0.182. The maximum atomic E-state index is 12.5. The van der Waals surface area contributed by atoms with Crippen LogP contribution in [0.1, 0.15) is 30.1 Å². The predicted molar refractivity (Wildman–Crippen MR) is 100 cm³/mol. The molecule has 0 fully saturated rings. The molecule has 6 nitrogen and oxygen atoms in total. The van der Waals surface area contributed by atoms with Crippen molar-refractivity contribution in [1.82, 2.24) is 14.6 Å². The van der Waals surface area contributed by atoms with E-state index >= 15 is 0 Å². The lowest BCUT2D eigenvalue weighted by Gasteiger charge is -2.16. The lowest BCUT2D eigenvalue weighted by molar-refractivity contribution is 0.447. The van der Waals surface area contributed by atoms with Crippen LogP contribution in [0, 0.1) is 6.92 Å². The summed E-state index contributed by atoms with van der Waals surface area (Å²) in [5.41, 5.74) is 1.48. The summed E-state index contributed by atoms with van der Waals surface area (Å²) in [5, 5.41) is 13.0. The molecule has 0 saturated carbocycles. The molecular formula is C17H25N3O3S2. The van der Waals surface area contributed by atoms with E-state index in [4.69, 9.17) is 0 Å². The topological polar surface area (TPSA) is 82.5 Å². The molecule has 0 aliphatic carbocycles. The van der Waals surface area contributed by atoms with Crippen molar-refractivity contribution in [3.8, 4) is 5.75 Å². The molecule has 0 spiro atoms. The first-order chi connectivity index (χ1) is 11.9. The molecule has 2 aromatic heterocycles. The normalized spacial score (nSPS) is 12.0. The van der Waals surface area contributed by atoms with Crippen LogP contribution >= 0.6 is 11.3 Å². The molecule has 0 atom stereocenters. The van der Waals surface area contributed by atoms with Crippen molar-refractivity contribution in [2.24, 2.45) is 0 Å². The van der Waals surface area contributed by atoms with Crippen molar-refractivity contribution in [1.29, 1.82) is 0 Å². The Kier molecular flexibility index (Phi) is 6.95. The fraction of sp³-hybridized carbons (Fsp3) is 0.471. The van der Waals surface area contributed by atoms with Crippen LogP contribution in [0.4, 0.5) is 0 Å². The molecule has 25 heavy (non-hydrogen) atoms. The van der Waals surface area contributed by atoms with Crippen molar-refractivity contribution in [2.75, 3.05) is 19.6 Å². The van der Waals surface area contributed by atoms with E-state index in [9.17, 15) is 13.5 Å². The number of nitrogens with one attached hydrogen (secondary N) is 1. The summed E-state index contributed by atoms with van der Waals surface area (Å²) in [5.74, 6) is 0.182. The van der Waals surface area contributed by atoms with E-state index in [0.717, 1.165) is 17.0 Å². The minimum Gasteiger partial charge on any atom is -0.506 e. The Morgan fingerprint density at radius 3 is 2.60 bits per heavy atom. The smallest absolute Gasteiger partial charge is 0.252 e. The molecule has 0 aromatic carbocycles. The van der Waals surface area contributed by atoms with Crippen LogP contribution in [-0.4, -0.2) is 42.4 Å². The fourth-order valence-electron chi connectivity index (χ4n) is 2.47. The Bertz CT molecular complexity index is 799. The van der Waals surface area contributed by atoms with Gasteiger partial charge in [-0.3, -0.25) is 4.98 Å². The molecule has 0 amide bonds. The van der Waals surface area contributed by atoms with Crippen LogP contribution in [0.25, 0.3) is 0 Å². The van der Waals surface area contributed by atoms with Gasteiger partial charge in [0.2, 0.25) is 0 Å². The summed E-state index contributed by atoms with van der Waals surface area (Å²) in [6, 6.07) is 6.96. The maximum Gasteiger partial charge on any atom is 0.252 e. The van der Waals surface area contributed by atoms with E-state index in [-0.39, 0.29) is 5.75 Å². The minimum atomic E-state index is -3.38. The molecule has 138 valence electrons. The molecule has 2 rings (SSSR count). The molecule has 0 radical (unpaired) electrons. The van der Waals surface area contributed by atoms with Crippen molar-refractivity contribution in [3.05, 3.63) is 40.5 Å². The van der Waals surface area contributed by atoms with Crippen LogP contribution < -0.4 is 5.32 Å². The van der Waals surface area contributed by atoms with E-state index in [2.05, 4.69) is 10.3 Å². The summed E-state index contributed by atoms with van der Waals surface area (Å²) < 4.78 is 26.8. The highest BCUT2D eigenvalue weighted by atomic mass is 32.2. The van der Waals surface area contributed by atoms with Crippen molar-refractivity contribution < 1.29 is 13.5 Å². The number of sulfonamides is 1. The molecule has 8 heteroatoms. The molecule has 2 heterocycles. The van der Waals surface area contributed by atoms with Gasteiger partial charge in [-0.1, -0.05) is 13.8 Å². The summed E-state index contributed by atoms with van der Waals surface area (Å²) in [6.07, 6.45) is 0.727. The van der Waals surface area contributed by atoms with E-state index in [1.165, 1.54) is 15.6 Å². The standard InChI is InChI=1S/C17H25N3O3S2/c1-4-20(5-2)25(22,23)17-9-7-14(24-17)10-11-18-12-15-16(21)8-6-13(3)19-15/h6-9,18,21H,4-5,10-12H2,1-3H3. The van der Waals surface area contributed by atoms with Crippen LogP contribution in [0.5, 0.6) is 5.75 Å². The molecule has 0 unspecified atom stereocenters. The quantitative estimate of drug-likeness (QED) is 0.650. The van der Waals surface area contributed by atoms with Gasteiger partial charge in [0, 0.05) is 36.8 Å². The summed E-state index contributed by atoms with van der Waals surface area (Å²) in [7, 11) is -3.38. The third-order valence-corrected chi connectivity index (χ3v) is 7.53. The number of hydrogen-bond acceptors (Lipinski definition) is 6. The number of hydrogen-bond donors (Lipinski definition) is 2. The largest absolute Gasteiger partial charge is 0.506 e. The van der Waals surface area contributed by atoms with Gasteiger partial charge in [-0.2, -0.15) is 4.31 Å². The number of thiophene rings is 1. The number of nitrogens with zero attached hydrogens (tertiary/aromatic N) is 2. The Morgan fingerprint density at radius 2 is 1.92 bits per heavy atom. The Labute approximate surface area is 153 Å². The monoisotopic (exact) mass is 383 g/mol. The average Bonchev–Trinajstić information content (AvgIpc) is 3.05. The number of aromatic hydroxyl groups is 1. The molecule has 0 aliphatic rings. The molecular weight excluding hydrogens is 358 g/mol. The van der Waals surface area contributed by atoms with Gasteiger partial charge in [0.15, 0.2) is 0 Å². The highest BCUT2D eigenvalue weighted by Crippen LogP contribution is 2.25. The van der Waals surface area contributed by atoms with Gasteiger partial charge in [-0.25, -0.2) is 8.42 Å². The van der Waals surface area contributed by atoms with E-state index in [0.29, 0.717) is 36.1 Å². The zero-order valence-corrected chi connectivity index (χ0v) is 16.5. The van der Waals surface area contributed by atoms with E-state index in [1.54, 1.807) is 18.2 Å². The second kappa shape index (κ2) is 8.75. The Balaban J connectivity index is 1.91. The van der Waals surface area contributed by atoms with Gasteiger partial charge in [-0.05, 0) is 37.6 Å². The average molecular weight is 384 g/mol. The summed E-state index contributed by atoms with van der Waals surface area (Å²) in [4.78, 5) is 5.31. The molecule has 2 N–H and O–H groups in total. The molecule has 2 aromatic rings. The third kappa shape index (κ3) is 5.01. The molecule has 0 bridgehead atoms. The first-order valence-electron chi connectivity index (χ1n) is 8.33. The van der Waals surface area contributed by atoms with Gasteiger partial charge in [0.25, 0.3) is 10.0 Å². The first-order valence-corrected chi connectivity index (χ1v) is 10.6. The molecule has 0 saturated heterocycles. The zero-order chi connectivity index (χ0) is 18.4. The third-order valence-electron chi connectivity index (χ3n) is 3.87. The first kappa shape index (κ1) is 19.8. The van der Waals surface area contributed by atoms with Gasteiger partial charge < -0.3 is 10.4 Å². The highest BCUT2D eigenvalue weighted by Gasteiger charge is 2.23. The maximum absolute atomic E-state index is 12.5. The zero-order valence-electron chi connectivity index (χ0n) is 14.8. The number of pyridine rings is 1. The van der Waals surface area contributed by atoms with Gasteiger partial charge in [0.05, 0.1) is 5.69 Å². The second-order valence-electron chi connectivity index (χ2n) is 5.66. The second-order valence-corrected chi connectivity index (χ2v) is 8.99. The highest BCUT2D eigenvalue weighted by molar-refractivity contribution is 7.91. The predicted octanol–water partition coefficient (Wildman–Crippen LogP) is 2.52.